The number of fused-ring (bicyclic) bond motifs is 1. The predicted molar refractivity (Wildman–Crippen MR) is 110 cm³/mol. The summed E-state index contributed by atoms with van der Waals surface area (Å²) >= 11 is 1.53. The molecule has 9 heteroatoms. The first kappa shape index (κ1) is 18.5. The van der Waals surface area contributed by atoms with E-state index in [0.29, 0.717) is 42.8 Å². The number of piperazine rings is 1. The molecule has 28 heavy (non-hydrogen) atoms. The summed E-state index contributed by atoms with van der Waals surface area (Å²) in [6, 6.07) is 7.20. The molecule has 4 rings (SSSR count). The first-order chi connectivity index (χ1) is 13.5. The molecule has 0 saturated carbocycles. The zero-order valence-corrected chi connectivity index (χ0v) is 16.2. The van der Waals surface area contributed by atoms with Crippen LogP contribution in [0.1, 0.15) is 6.42 Å². The highest BCUT2D eigenvalue weighted by molar-refractivity contribution is 8.03. The highest BCUT2D eigenvalue weighted by Crippen LogP contribution is 2.34. The highest BCUT2D eigenvalue weighted by atomic mass is 32.2. The van der Waals surface area contributed by atoms with Gasteiger partial charge in [-0.2, -0.15) is 0 Å². The van der Waals surface area contributed by atoms with Crippen LogP contribution in [0.15, 0.2) is 40.5 Å². The van der Waals surface area contributed by atoms with Gasteiger partial charge in [-0.3, -0.25) is 19.7 Å². The van der Waals surface area contributed by atoms with Crippen LogP contribution in [0.25, 0.3) is 10.9 Å². The van der Waals surface area contributed by atoms with Crippen LogP contribution in [0.4, 0.5) is 11.4 Å². The molecule has 1 amide bonds. The molecule has 2 aromatic rings. The summed E-state index contributed by atoms with van der Waals surface area (Å²) in [5, 5.41) is 14.3. The van der Waals surface area contributed by atoms with Crippen LogP contribution >= 0.6 is 11.8 Å². The number of aryl methyl sites for hydroxylation is 1. The molecule has 0 radical (unpaired) electrons. The molecule has 0 bridgehead atoms. The molecule has 2 aliphatic heterocycles. The van der Waals surface area contributed by atoms with Gasteiger partial charge < -0.3 is 14.4 Å². The Morgan fingerprint density at radius 1 is 1.21 bits per heavy atom. The summed E-state index contributed by atoms with van der Waals surface area (Å²) < 4.78 is 1.32. The zero-order valence-electron chi connectivity index (χ0n) is 15.4. The van der Waals surface area contributed by atoms with Crippen LogP contribution in [0, 0.1) is 10.1 Å². The number of anilines is 1. The largest absolute Gasteiger partial charge is 0.362 e. The van der Waals surface area contributed by atoms with Crippen molar-refractivity contribution in [3.05, 3.63) is 56.2 Å². The van der Waals surface area contributed by atoms with Crippen molar-refractivity contribution >= 4 is 39.9 Å². The smallest absolute Gasteiger partial charge is 0.357 e. The van der Waals surface area contributed by atoms with Crippen LogP contribution < -0.4 is 10.5 Å². The average molecular weight is 400 g/mol. The van der Waals surface area contributed by atoms with Crippen molar-refractivity contribution in [2.75, 3.05) is 31.1 Å². The van der Waals surface area contributed by atoms with Gasteiger partial charge >= 0.3 is 11.2 Å². The summed E-state index contributed by atoms with van der Waals surface area (Å²) in [5.41, 5.74) is -0.0186. The fourth-order valence-corrected chi connectivity index (χ4v) is 4.75. The van der Waals surface area contributed by atoms with E-state index in [4.69, 9.17) is 0 Å². The van der Waals surface area contributed by atoms with Crippen LogP contribution in [0.3, 0.4) is 0 Å². The second kappa shape index (κ2) is 7.31. The molecule has 1 saturated heterocycles. The lowest BCUT2D eigenvalue weighted by molar-refractivity contribution is -0.385. The monoisotopic (exact) mass is 400 g/mol. The van der Waals surface area contributed by atoms with Gasteiger partial charge in [-0.15, -0.1) is 11.8 Å². The number of carbonyl (C=O) groups is 1. The van der Waals surface area contributed by atoms with E-state index in [1.54, 1.807) is 25.2 Å². The standard InChI is InChI=1S/C19H20N4O4S/c1-20-14-6-3-2-5-13(14)16(17(19(20)25)23(26)27)21-8-10-22(11-9-21)18(24)15-7-4-12-28-15/h2-6,12,15H,7-11H2,1H3. The Morgan fingerprint density at radius 2 is 1.93 bits per heavy atom. The van der Waals surface area contributed by atoms with Gasteiger partial charge in [-0.05, 0) is 17.9 Å². The third kappa shape index (κ3) is 3.05. The summed E-state index contributed by atoms with van der Waals surface area (Å²) in [5.74, 6) is 0.109. The maximum atomic E-state index is 12.7. The number of nitrogens with zero attached hydrogens (tertiary/aromatic N) is 4. The van der Waals surface area contributed by atoms with Gasteiger partial charge in [0.25, 0.3) is 0 Å². The number of hydrogen-bond acceptors (Lipinski definition) is 6. The predicted octanol–water partition coefficient (Wildman–Crippen LogP) is 2.11. The molecule has 0 spiro atoms. The molecular weight excluding hydrogens is 380 g/mol. The minimum absolute atomic E-state index is 0.0641. The number of rotatable bonds is 3. The quantitative estimate of drug-likeness (QED) is 0.579. The third-order valence-electron chi connectivity index (χ3n) is 5.31. The number of aromatic nitrogens is 1. The average Bonchev–Trinajstić information content (AvgIpc) is 3.25. The Hall–Kier alpha value is -2.81. The molecular formula is C19H20N4O4S. The molecule has 3 heterocycles. The number of nitro groups is 1. The Balaban J connectivity index is 1.67. The first-order valence-electron chi connectivity index (χ1n) is 9.09. The van der Waals surface area contributed by atoms with Crippen LogP contribution in [0.5, 0.6) is 0 Å². The molecule has 1 aromatic heterocycles. The van der Waals surface area contributed by atoms with Crippen molar-refractivity contribution in [3.63, 3.8) is 0 Å². The van der Waals surface area contributed by atoms with Gasteiger partial charge in [0, 0.05) is 38.6 Å². The maximum absolute atomic E-state index is 12.7. The molecule has 1 fully saturated rings. The Bertz CT molecular complexity index is 1030. The molecule has 2 aliphatic rings. The van der Waals surface area contributed by atoms with Crippen LogP contribution in [-0.2, 0) is 11.8 Å². The van der Waals surface area contributed by atoms with Gasteiger partial charge in [0.2, 0.25) is 5.91 Å². The molecule has 1 atom stereocenters. The number of para-hydroxylation sites is 1. The van der Waals surface area contributed by atoms with E-state index in [1.807, 2.05) is 27.4 Å². The number of carbonyl (C=O) groups excluding carboxylic acids is 1. The molecule has 0 aliphatic carbocycles. The van der Waals surface area contributed by atoms with Gasteiger partial charge in [0.1, 0.15) is 5.69 Å². The number of allylic oxidation sites excluding steroid dienone is 1. The molecule has 1 aromatic carbocycles. The van der Waals surface area contributed by atoms with Crippen molar-refractivity contribution in [2.45, 2.75) is 11.7 Å². The number of thioether (sulfide) groups is 1. The summed E-state index contributed by atoms with van der Waals surface area (Å²) in [6.45, 7) is 1.87. The van der Waals surface area contributed by atoms with E-state index in [0.717, 1.165) is 6.42 Å². The Labute approximate surface area is 165 Å². The van der Waals surface area contributed by atoms with Gasteiger partial charge in [-0.1, -0.05) is 24.3 Å². The van der Waals surface area contributed by atoms with Crippen LogP contribution in [-0.4, -0.2) is 51.7 Å². The fraction of sp³-hybridized carbons (Fsp3) is 0.368. The lowest BCUT2D eigenvalue weighted by Gasteiger charge is -2.37. The highest BCUT2D eigenvalue weighted by Gasteiger charge is 2.33. The first-order valence-corrected chi connectivity index (χ1v) is 10.0. The maximum Gasteiger partial charge on any atom is 0.357 e. The van der Waals surface area contributed by atoms with E-state index < -0.39 is 16.2 Å². The van der Waals surface area contributed by atoms with E-state index in [2.05, 4.69) is 0 Å². The minimum Gasteiger partial charge on any atom is -0.362 e. The Morgan fingerprint density at radius 3 is 2.57 bits per heavy atom. The van der Waals surface area contributed by atoms with Gasteiger partial charge in [-0.25, -0.2) is 0 Å². The van der Waals surface area contributed by atoms with Gasteiger partial charge in [0.05, 0.1) is 15.7 Å². The second-order valence-corrected chi connectivity index (χ2v) is 7.99. The van der Waals surface area contributed by atoms with E-state index >= 15 is 0 Å². The SMILES string of the molecule is Cn1c(=O)c([N+](=O)[O-])c(N2CCN(C(=O)C3CC=CS3)CC2)c2ccccc21. The lowest BCUT2D eigenvalue weighted by atomic mass is 10.1. The summed E-state index contributed by atoms with van der Waals surface area (Å²) in [7, 11) is 1.55. The molecule has 0 N–H and O–H groups in total. The van der Waals surface area contributed by atoms with Gasteiger partial charge in [0.15, 0.2) is 0 Å². The molecule has 146 valence electrons. The van der Waals surface area contributed by atoms with Crippen molar-refractivity contribution in [1.82, 2.24) is 9.47 Å². The Kier molecular flexibility index (Phi) is 4.84. The second-order valence-electron chi connectivity index (χ2n) is 6.88. The minimum atomic E-state index is -0.620. The third-order valence-corrected chi connectivity index (χ3v) is 6.38. The fourth-order valence-electron chi connectivity index (χ4n) is 3.85. The normalized spacial score (nSPS) is 19.4. The number of pyridine rings is 1. The molecule has 8 nitrogen and oxygen atoms in total. The lowest BCUT2D eigenvalue weighted by Crippen LogP contribution is -2.51. The number of hydrogen-bond donors (Lipinski definition) is 0. The number of amides is 1. The van der Waals surface area contributed by atoms with Crippen molar-refractivity contribution in [1.29, 1.82) is 0 Å². The van der Waals surface area contributed by atoms with E-state index in [-0.39, 0.29) is 11.2 Å². The molecule has 1 unspecified atom stereocenters. The van der Waals surface area contributed by atoms with E-state index in [1.165, 1.54) is 16.3 Å². The van der Waals surface area contributed by atoms with Crippen molar-refractivity contribution in [3.8, 4) is 0 Å². The summed E-state index contributed by atoms with van der Waals surface area (Å²) in [6.07, 6.45) is 2.74. The van der Waals surface area contributed by atoms with Crippen molar-refractivity contribution < 1.29 is 9.72 Å². The van der Waals surface area contributed by atoms with Crippen LogP contribution in [0.2, 0.25) is 0 Å². The van der Waals surface area contributed by atoms with Crippen molar-refractivity contribution in [2.24, 2.45) is 7.05 Å². The zero-order chi connectivity index (χ0) is 19.8. The van der Waals surface area contributed by atoms with E-state index in [9.17, 15) is 19.7 Å². The summed E-state index contributed by atoms with van der Waals surface area (Å²) in [4.78, 5) is 40.1. The topological polar surface area (TPSA) is 88.7 Å². The number of benzene rings is 1.